The first-order valence-corrected chi connectivity index (χ1v) is 5.82. The molecule has 0 fully saturated rings. The van der Waals surface area contributed by atoms with Crippen molar-refractivity contribution in [2.24, 2.45) is 5.41 Å². The molecule has 0 amide bonds. The highest BCUT2D eigenvalue weighted by Gasteiger charge is 2.16. The van der Waals surface area contributed by atoms with Gasteiger partial charge in [-0.2, -0.15) is 5.26 Å². The Balaban J connectivity index is 2.46. The summed E-state index contributed by atoms with van der Waals surface area (Å²) in [6.45, 7) is 3.80. The van der Waals surface area contributed by atoms with E-state index in [1.54, 1.807) is 12.1 Å². The summed E-state index contributed by atoms with van der Waals surface area (Å²) >= 11 is 1.46. The van der Waals surface area contributed by atoms with Gasteiger partial charge in [-0.1, -0.05) is 12.1 Å². The third-order valence-electron chi connectivity index (χ3n) is 2.12. The number of rotatable bonds is 4. The van der Waals surface area contributed by atoms with E-state index >= 15 is 0 Å². The molecule has 1 rings (SSSR count). The second-order valence-corrected chi connectivity index (χ2v) is 5.16. The van der Waals surface area contributed by atoms with Gasteiger partial charge in [0, 0.05) is 4.90 Å². The summed E-state index contributed by atoms with van der Waals surface area (Å²) in [5, 5.41) is 8.81. The SMILES string of the molecule is CC(C)(C#N)CCSc1ccccc1F. The van der Waals surface area contributed by atoms with Crippen LogP contribution in [0.3, 0.4) is 0 Å². The molecule has 0 saturated heterocycles. The van der Waals surface area contributed by atoms with Crippen molar-refractivity contribution in [2.75, 3.05) is 5.75 Å². The highest BCUT2D eigenvalue weighted by molar-refractivity contribution is 7.99. The van der Waals surface area contributed by atoms with Gasteiger partial charge in [0.15, 0.2) is 0 Å². The van der Waals surface area contributed by atoms with Gasteiger partial charge in [0.25, 0.3) is 0 Å². The van der Waals surface area contributed by atoms with Crippen molar-refractivity contribution in [3.8, 4) is 6.07 Å². The van der Waals surface area contributed by atoms with Crippen LogP contribution >= 0.6 is 11.8 Å². The Kier molecular flexibility index (Phi) is 4.16. The molecule has 0 heterocycles. The summed E-state index contributed by atoms with van der Waals surface area (Å²) in [6, 6.07) is 8.95. The molecule has 0 aliphatic rings. The molecule has 0 aliphatic carbocycles. The van der Waals surface area contributed by atoms with Crippen molar-refractivity contribution >= 4 is 11.8 Å². The predicted octanol–water partition coefficient (Wildman–Crippen LogP) is 3.86. The lowest BCUT2D eigenvalue weighted by molar-refractivity contribution is 0.482. The molecule has 1 aromatic rings. The van der Waals surface area contributed by atoms with Crippen LogP contribution in [0, 0.1) is 22.6 Å². The molecule has 0 atom stereocenters. The average Bonchev–Trinajstić information content (AvgIpc) is 2.21. The molecular weight excluding hydrogens is 209 g/mol. The number of nitriles is 1. The predicted molar refractivity (Wildman–Crippen MR) is 61.1 cm³/mol. The second-order valence-electron chi connectivity index (χ2n) is 4.02. The van der Waals surface area contributed by atoms with Gasteiger partial charge in [-0.05, 0) is 38.2 Å². The van der Waals surface area contributed by atoms with E-state index in [1.165, 1.54) is 17.8 Å². The van der Waals surface area contributed by atoms with Gasteiger partial charge in [-0.25, -0.2) is 4.39 Å². The fraction of sp³-hybridized carbons (Fsp3) is 0.417. The van der Waals surface area contributed by atoms with Crippen LogP contribution in [0.1, 0.15) is 20.3 Å². The molecule has 0 spiro atoms. The van der Waals surface area contributed by atoms with Crippen molar-refractivity contribution in [3.05, 3.63) is 30.1 Å². The lowest BCUT2D eigenvalue weighted by atomic mass is 9.93. The summed E-state index contributed by atoms with van der Waals surface area (Å²) in [6.07, 6.45) is 0.766. The fourth-order valence-corrected chi connectivity index (χ4v) is 2.25. The van der Waals surface area contributed by atoms with Gasteiger partial charge >= 0.3 is 0 Å². The zero-order valence-corrected chi connectivity index (χ0v) is 9.77. The zero-order chi connectivity index (χ0) is 11.3. The lowest BCUT2D eigenvalue weighted by Gasteiger charge is -2.14. The normalized spacial score (nSPS) is 11.1. The molecule has 0 aromatic heterocycles. The summed E-state index contributed by atoms with van der Waals surface area (Å²) < 4.78 is 13.2. The largest absolute Gasteiger partial charge is 0.206 e. The van der Waals surface area contributed by atoms with Crippen molar-refractivity contribution in [1.29, 1.82) is 5.26 Å². The van der Waals surface area contributed by atoms with E-state index in [0.29, 0.717) is 4.90 Å². The maximum atomic E-state index is 13.2. The van der Waals surface area contributed by atoms with Crippen molar-refractivity contribution in [2.45, 2.75) is 25.2 Å². The van der Waals surface area contributed by atoms with Gasteiger partial charge in [0.2, 0.25) is 0 Å². The molecule has 1 aromatic carbocycles. The highest BCUT2D eigenvalue weighted by atomic mass is 32.2. The molecular formula is C12H14FNS. The van der Waals surface area contributed by atoms with Crippen molar-refractivity contribution in [3.63, 3.8) is 0 Å². The number of nitrogens with zero attached hydrogens (tertiary/aromatic N) is 1. The zero-order valence-electron chi connectivity index (χ0n) is 8.96. The maximum absolute atomic E-state index is 13.2. The van der Waals surface area contributed by atoms with Gasteiger partial charge in [-0.3, -0.25) is 0 Å². The Labute approximate surface area is 94.3 Å². The average molecular weight is 223 g/mol. The smallest absolute Gasteiger partial charge is 0.136 e. The molecule has 0 saturated carbocycles. The number of hydrogen-bond donors (Lipinski definition) is 0. The number of halogens is 1. The minimum Gasteiger partial charge on any atom is -0.206 e. The molecule has 1 nitrogen and oxygen atoms in total. The van der Waals surface area contributed by atoms with Crippen LogP contribution < -0.4 is 0 Å². The molecule has 80 valence electrons. The third kappa shape index (κ3) is 3.93. The Morgan fingerprint density at radius 2 is 2.07 bits per heavy atom. The molecule has 0 radical (unpaired) electrons. The summed E-state index contributed by atoms with van der Waals surface area (Å²) in [5.41, 5.74) is -0.321. The molecule has 15 heavy (non-hydrogen) atoms. The molecule has 3 heteroatoms. The number of benzene rings is 1. The van der Waals surface area contributed by atoms with E-state index in [0.717, 1.165) is 12.2 Å². The maximum Gasteiger partial charge on any atom is 0.136 e. The summed E-state index contributed by atoms with van der Waals surface area (Å²) in [7, 11) is 0. The van der Waals surface area contributed by atoms with Gasteiger partial charge in [-0.15, -0.1) is 11.8 Å². The molecule has 0 aliphatic heterocycles. The van der Waals surface area contributed by atoms with Crippen molar-refractivity contribution in [1.82, 2.24) is 0 Å². The van der Waals surface area contributed by atoms with E-state index < -0.39 is 0 Å². The van der Waals surface area contributed by atoms with E-state index in [9.17, 15) is 4.39 Å². The van der Waals surface area contributed by atoms with E-state index in [-0.39, 0.29) is 11.2 Å². The first-order valence-electron chi connectivity index (χ1n) is 4.84. The van der Waals surface area contributed by atoms with Crippen LogP contribution in [0.2, 0.25) is 0 Å². The third-order valence-corrected chi connectivity index (χ3v) is 3.17. The molecule has 0 unspecified atom stereocenters. The van der Waals surface area contributed by atoms with Crippen LogP contribution in [0.15, 0.2) is 29.2 Å². The molecule has 0 bridgehead atoms. The Morgan fingerprint density at radius 1 is 1.40 bits per heavy atom. The standard InChI is InChI=1S/C12H14FNS/c1-12(2,9-14)7-8-15-11-6-4-3-5-10(11)13/h3-6H,7-8H2,1-2H3. The first kappa shape index (κ1) is 12.1. The summed E-state index contributed by atoms with van der Waals surface area (Å²) in [4.78, 5) is 0.659. The summed E-state index contributed by atoms with van der Waals surface area (Å²) in [5.74, 6) is 0.582. The topological polar surface area (TPSA) is 23.8 Å². The fourth-order valence-electron chi connectivity index (χ4n) is 1.03. The van der Waals surface area contributed by atoms with E-state index in [1.807, 2.05) is 19.9 Å². The number of thioether (sulfide) groups is 1. The number of hydrogen-bond acceptors (Lipinski definition) is 2. The van der Waals surface area contributed by atoms with Crippen LogP contribution in [-0.4, -0.2) is 5.75 Å². The van der Waals surface area contributed by atoms with E-state index in [2.05, 4.69) is 6.07 Å². The van der Waals surface area contributed by atoms with Crippen molar-refractivity contribution < 1.29 is 4.39 Å². The van der Waals surface area contributed by atoms with Gasteiger partial charge < -0.3 is 0 Å². The second kappa shape index (κ2) is 5.18. The lowest BCUT2D eigenvalue weighted by Crippen LogP contribution is -2.08. The van der Waals surface area contributed by atoms with Crippen LogP contribution in [0.4, 0.5) is 4.39 Å². The minimum atomic E-state index is -0.321. The first-order chi connectivity index (χ1) is 7.05. The molecule has 0 N–H and O–H groups in total. The monoisotopic (exact) mass is 223 g/mol. The highest BCUT2D eigenvalue weighted by Crippen LogP contribution is 2.27. The Bertz CT molecular complexity index is 368. The Morgan fingerprint density at radius 3 is 2.67 bits per heavy atom. The quantitative estimate of drug-likeness (QED) is 0.724. The van der Waals surface area contributed by atoms with Gasteiger partial charge in [0.05, 0.1) is 11.5 Å². The Hall–Kier alpha value is -1.01. The van der Waals surface area contributed by atoms with Gasteiger partial charge in [0.1, 0.15) is 5.82 Å². The van der Waals surface area contributed by atoms with Crippen LogP contribution in [-0.2, 0) is 0 Å². The van der Waals surface area contributed by atoms with Crippen LogP contribution in [0.5, 0.6) is 0 Å². The van der Waals surface area contributed by atoms with Crippen LogP contribution in [0.25, 0.3) is 0 Å². The van der Waals surface area contributed by atoms with E-state index in [4.69, 9.17) is 5.26 Å². The minimum absolute atomic E-state index is 0.183.